The van der Waals surface area contributed by atoms with Crippen molar-refractivity contribution in [1.82, 2.24) is 4.90 Å². The number of amides is 2. The normalized spacial score (nSPS) is 11.8. The summed E-state index contributed by atoms with van der Waals surface area (Å²) in [5.74, 6) is -0.927. The average molecular weight is 429 g/mol. The van der Waals surface area contributed by atoms with Gasteiger partial charge in [0, 0.05) is 36.0 Å². The van der Waals surface area contributed by atoms with Crippen molar-refractivity contribution >= 4 is 17.5 Å². The van der Waals surface area contributed by atoms with Gasteiger partial charge in [-0.25, -0.2) is 0 Å². The zero-order valence-corrected chi connectivity index (χ0v) is 18.1. The Balaban J connectivity index is 1.96. The quantitative estimate of drug-likeness (QED) is 0.483. The van der Waals surface area contributed by atoms with E-state index in [1.807, 2.05) is 54.6 Å². The smallest absolute Gasteiger partial charge is 0.248 e. The van der Waals surface area contributed by atoms with E-state index in [1.54, 1.807) is 18.2 Å². The number of benzene rings is 3. The summed E-state index contributed by atoms with van der Waals surface area (Å²) in [5, 5.41) is 0. The molecule has 32 heavy (non-hydrogen) atoms. The first-order valence-corrected chi connectivity index (χ1v) is 10.3. The fourth-order valence-corrected chi connectivity index (χ4v) is 3.65. The number of carbonyl (C=O) groups excluding carboxylic acids is 2. The van der Waals surface area contributed by atoms with Crippen LogP contribution >= 0.6 is 0 Å². The molecule has 0 saturated carbocycles. The van der Waals surface area contributed by atoms with Crippen LogP contribution in [0.3, 0.4) is 0 Å². The summed E-state index contributed by atoms with van der Waals surface area (Å²) in [6, 6.07) is 22.5. The number of carbonyl (C=O) groups is 2. The van der Waals surface area contributed by atoms with Crippen molar-refractivity contribution in [3.63, 3.8) is 0 Å². The van der Waals surface area contributed by atoms with Crippen molar-refractivity contribution in [3.05, 3.63) is 113 Å². The van der Waals surface area contributed by atoms with Crippen molar-refractivity contribution in [2.45, 2.75) is 26.1 Å². The first kappa shape index (κ1) is 22.8. The number of primary amides is 2. The molecule has 1 atom stereocenters. The lowest BCUT2D eigenvalue weighted by atomic mass is 10.0. The molecule has 0 aliphatic heterocycles. The minimum atomic E-state index is -0.464. The van der Waals surface area contributed by atoms with Gasteiger partial charge in [-0.05, 0) is 59.5 Å². The molecule has 6 heteroatoms. The van der Waals surface area contributed by atoms with Gasteiger partial charge in [-0.1, -0.05) is 49.0 Å². The molecule has 3 rings (SSSR count). The fraction of sp³-hybridized carbons (Fsp3) is 0.154. The molecule has 0 heterocycles. The van der Waals surface area contributed by atoms with Crippen LogP contribution in [-0.2, 0) is 13.1 Å². The lowest BCUT2D eigenvalue weighted by Gasteiger charge is -2.30. The maximum absolute atomic E-state index is 11.7. The van der Waals surface area contributed by atoms with E-state index in [9.17, 15) is 9.59 Å². The molecule has 6 N–H and O–H groups in total. The monoisotopic (exact) mass is 428 g/mol. The number of hydrogen-bond acceptors (Lipinski definition) is 4. The second-order valence-electron chi connectivity index (χ2n) is 7.86. The fourth-order valence-electron chi connectivity index (χ4n) is 3.65. The molecule has 0 fully saturated rings. The first-order chi connectivity index (χ1) is 15.2. The van der Waals surface area contributed by atoms with Crippen molar-refractivity contribution in [3.8, 4) is 0 Å². The molecule has 0 aliphatic carbocycles. The third-order valence-corrected chi connectivity index (χ3v) is 5.48. The molecule has 0 bridgehead atoms. The van der Waals surface area contributed by atoms with E-state index in [0.717, 1.165) is 22.3 Å². The lowest BCUT2D eigenvalue weighted by molar-refractivity contribution is 0.0992. The second-order valence-corrected chi connectivity index (χ2v) is 7.86. The van der Waals surface area contributed by atoms with Crippen LogP contribution in [0, 0.1) is 0 Å². The third kappa shape index (κ3) is 5.62. The summed E-state index contributed by atoms with van der Waals surface area (Å²) < 4.78 is 0. The molecular weight excluding hydrogens is 400 g/mol. The van der Waals surface area contributed by atoms with Gasteiger partial charge in [-0.15, -0.1) is 0 Å². The molecule has 0 radical (unpaired) electrons. The predicted molar refractivity (Wildman–Crippen MR) is 127 cm³/mol. The Morgan fingerprint density at radius 1 is 0.781 bits per heavy atom. The molecule has 0 aliphatic rings. The third-order valence-electron chi connectivity index (χ3n) is 5.48. The summed E-state index contributed by atoms with van der Waals surface area (Å²) in [5.41, 5.74) is 22.1. The van der Waals surface area contributed by atoms with E-state index < -0.39 is 11.8 Å². The average Bonchev–Trinajstić information content (AvgIpc) is 2.78. The van der Waals surface area contributed by atoms with E-state index in [-0.39, 0.29) is 6.04 Å². The number of hydrogen-bond donors (Lipinski definition) is 3. The van der Waals surface area contributed by atoms with Gasteiger partial charge in [0.2, 0.25) is 11.8 Å². The molecule has 3 aromatic rings. The van der Waals surface area contributed by atoms with Crippen LogP contribution in [0.15, 0.2) is 79.4 Å². The Hall–Kier alpha value is -3.90. The van der Waals surface area contributed by atoms with Crippen molar-refractivity contribution in [2.24, 2.45) is 17.2 Å². The number of nitrogens with two attached hydrogens (primary N) is 3. The van der Waals surface area contributed by atoms with E-state index in [1.165, 1.54) is 0 Å². The van der Waals surface area contributed by atoms with E-state index in [4.69, 9.17) is 17.2 Å². The Bertz CT molecular complexity index is 1100. The molecule has 0 aromatic heterocycles. The number of nitrogens with zero attached hydrogens (tertiary/aromatic N) is 1. The molecule has 0 saturated heterocycles. The summed E-state index contributed by atoms with van der Waals surface area (Å²) in [4.78, 5) is 25.6. The van der Waals surface area contributed by atoms with E-state index in [2.05, 4.69) is 18.4 Å². The van der Waals surface area contributed by atoms with Crippen LogP contribution in [0.1, 0.15) is 55.9 Å². The topological polar surface area (TPSA) is 115 Å². The highest BCUT2D eigenvalue weighted by atomic mass is 16.1. The largest absolute Gasteiger partial charge is 0.399 e. The summed E-state index contributed by atoms with van der Waals surface area (Å²) >= 11 is 0. The van der Waals surface area contributed by atoms with Gasteiger partial charge in [0.15, 0.2) is 0 Å². The van der Waals surface area contributed by atoms with Crippen LogP contribution in [0.25, 0.3) is 5.70 Å². The maximum Gasteiger partial charge on any atom is 0.248 e. The van der Waals surface area contributed by atoms with Crippen LogP contribution in [-0.4, -0.2) is 16.7 Å². The molecule has 6 nitrogen and oxygen atoms in total. The van der Waals surface area contributed by atoms with Gasteiger partial charge >= 0.3 is 0 Å². The van der Waals surface area contributed by atoms with Crippen LogP contribution in [0.4, 0.5) is 0 Å². The van der Waals surface area contributed by atoms with Gasteiger partial charge in [0.1, 0.15) is 0 Å². The Morgan fingerprint density at radius 3 is 1.78 bits per heavy atom. The summed E-state index contributed by atoms with van der Waals surface area (Å²) in [6.07, 6.45) is 0. The second kappa shape index (κ2) is 9.94. The van der Waals surface area contributed by atoms with Gasteiger partial charge in [0.25, 0.3) is 0 Å². The molecule has 1 unspecified atom stereocenters. The molecule has 0 spiro atoms. The highest BCUT2D eigenvalue weighted by Gasteiger charge is 2.19. The Kier molecular flexibility index (Phi) is 7.07. The van der Waals surface area contributed by atoms with Gasteiger partial charge in [-0.2, -0.15) is 0 Å². The summed E-state index contributed by atoms with van der Waals surface area (Å²) in [7, 11) is 0. The zero-order chi connectivity index (χ0) is 23.3. The summed E-state index contributed by atoms with van der Waals surface area (Å²) in [6.45, 7) is 7.08. The maximum atomic E-state index is 11.7. The number of rotatable bonds is 9. The van der Waals surface area contributed by atoms with E-state index >= 15 is 0 Å². The SMILES string of the molecule is C=C(N)c1cccc(CN(Cc2cccc(C(N)=O)c2)C(C)c2cccc(C(N)=O)c2)c1. The van der Waals surface area contributed by atoms with Gasteiger partial charge in [-0.3, -0.25) is 14.5 Å². The standard InChI is InChI=1S/C26H28N4O2/c1-17(27)21-8-3-6-19(12-21)15-30(16-20-7-4-10-23(13-20)25(28)31)18(2)22-9-5-11-24(14-22)26(29)32/h3-14,18H,1,15-16,27H2,2H3,(H2,28,31)(H2,29,32). The highest BCUT2D eigenvalue weighted by molar-refractivity contribution is 5.93. The van der Waals surface area contributed by atoms with Crippen LogP contribution in [0.5, 0.6) is 0 Å². The lowest BCUT2D eigenvalue weighted by Crippen LogP contribution is -2.27. The molecule has 2 amide bonds. The Morgan fingerprint density at radius 2 is 1.25 bits per heavy atom. The first-order valence-electron chi connectivity index (χ1n) is 10.3. The minimum Gasteiger partial charge on any atom is -0.399 e. The molecular formula is C26H28N4O2. The predicted octanol–water partition coefficient (Wildman–Crippen LogP) is 3.58. The zero-order valence-electron chi connectivity index (χ0n) is 18.1. The van der Waals surface area contributed by atoms with Gasteiger partial charge in [0.05, 0.1) is 0 Å². The van der Waals surface area contributed by atoms with Crippen molar-refractivity contribution in [1.29, 1.82) is 0 Å². The Labute approximate surface area is 188 Å². The highest BCUT2D eigenvalue weighted by Crippen LogP contribution is 2.26. The van der Waals surface area contributed by atoms with Gasteiger partial charge < -0.3 is 17.2 Å². The molecule has 3 aromatic carbocycles. The minimum absolute atomic E-state index is 0.0451. The van der Waals surface area contributed by atoms with Crippen LogP contribution < -0.4 is 17.2 Å². The van der Waals surface area contributed by atoms with Crippen LogP contribution in [0.2, 0.25) is 0 Å². The van der Waals surface area contributed by atoms with Crippen molar-refractivity contribution in [2.75, 3.05) is 0 Å². The van der Waals surface area contributed by atoms with Crippen molar-refractivity contribution < 1.29 is 9.59 Å². The molecule has 164 valence electrons. The van der Waals surface area contributed by atoms with E-state index in [0.29, 0.717) is 29.9 Å².